The van der Waals surface area contributed by atoms with Crippen LogP contribution in [0.4, 0.5) is 0 Å². The van der Waals surface area contributed by atoms with E-state index in [-0.39, 0.29) is 12.1 Å². The minimum absolute atomic E-state index is 0.0633. The number of methoxy groups -OCH3 is 1. The number of carbonyl (C=O) groups excluding carboxylic acids is 1. The number of esters is 1. The summed E-state index contributed by atoms with van der Waals surface area (Å²) in [7, 11) is 1.48. The van der Waals surface area contributed by atoms with Crippen LogP contribution in [0.15, 0.2) is 35.6 Å². The van der Waals surface area contributed by atoms with Gasteiger partial charge in [0.25, 0.3) is 0 Å². The van der Waals surface area contributed by atoms with Crippen LogP contribution >= 0.6 is 0 Å². The van der Waals surface area contributed by atoms with Crippen LogP contribution in [0.5, 0.6) is 0 Å². The molecule has 3 heteroatoms. The molecule has 0 fully saturated rings. The predicted molar refractivity (Wildman–Crippen MR) is 62.8 cm³/mol. The smallest absolute Gasteiger partial charge is 0.373 e. The SMILES string of the molecule is C/C=C\C(C)=C\CC1CC=C(OC)C(=O)O1. The molecule has 0 aromatic rings. The van der Waals surface area contributed by atoms with Crippen molar-refractivity contribution in [3.8, 4) is 0 Å². The average Bonchev–Trinajstić information content (AvgIpc) is 2.27. The van der Waals surface area contributed by atoms with Gasteiger partial charge >= 0.3 is 5.97 Å². The highest BCUT2D eigenvalue weighted by molar-refractivity contribution is 5.87. The lowest BCUT2D eigenvalue weighted by molar-refractivity contribution is -0.149. The second-order valence-electron chi connectivity index (χ2n) is 3.72. The van der Waals surface area contributed by atoms with E-state index >= 15 is 0 Å². The monoisotopic (exact) mass is 222 g/mol. The number of cyclic esters (lactones) is 1. The highest BCUT2D eigenvalue weighted by Crippen LogP contribution is 2.17. The minimum atomic E-state index is -0.365. The second kappa shape index (κ2) is 6.16. The lowest BCUT2D eigenvalue weighted by Gasteiger charge is -2.20. The number of hydrogen-bond acceptors (Lipinski definition) is 3. The highest BCUT2D eigenvalue weighted by Gasteiger charge is 2.22. The molecule has 1 aliphatic heterocycles. The van der Waals surface area contributed by atoms with E-state index in [1.807, 2.05) is 26.0 Å². The van der Waals surface area contributed by atoms with E-state index in [4.69, 9.17) is 9.47 Å². The Bertz CT molecular complexity index is 337. The Hall–Kier alpha value is -1.51. The third-order valence-corrected chi connectivity index (χ3v) is 2.39. The number of allylic oxidation sites excluding steroid dienone is 3. The summed E-state index contributed by atoms with van der Waals surface area (Å²) < 4.78 is 10.1. The number of carbonyl (C=O) groups is 1. The standard InChI is InChI=1S/C13H18O3/c1-4-5-10(2)6-7-11-8-9-12(15-3)13(14)16-11/h4-6,9,11H,7-8H2,1-3H3/b5-4-,10-6+. The molecule has 0 saturated heterocycles. The van der Waals surface area contributed by atoms with Crippen molar-refractivity contribution in [2.24, 2.45) is 0 Å². The lowest BCUT2D eigenvalue weighted by atomic mass is 10.1. The molecule has 0 saturated carbocycles. The maximum Gasteiger partial charge on any atom is 0.373 e. The lowest BCUT2D eigenvalue weighted by Crippen LogP contribution is -2.23. The zero-order valence-electron chi connectivity index (χ0n) is 10.0. The van der Waals surface area contributed by atoms with Gasteiger partial charge in [0.2, 0.25) is 0 Å². The number of rotatable bonds is 4. The van der Waals surface area contributed by atoms with Gasteiger partial charge in [-0.3, -0.25) is 0 Å². The van der Waals surface area contributed by atoms with E-state index in [1.54, 1.807) is 6.08 Å². The van der Waals surface area contributed by atoms with E-state index in [9.17, 15) is 4.79 Å². The van der Waals surface area contributed by atoms with Crippen LogP contribution < -0.4 is 0 Å². The van der Waals surface area contributed by atoms with Crippen molar-refractivity contribution in [3.63, 3.8) is 0 Å². The maximum atomic E-state index is 11.4. The molecule has 0 aliphatic carbocycles. The molecule has 88 valence electrons. The number of ether oxygens (including phenoxy) is 2. The molecule has 0 spiro atoms. The van der Waals surface area contributed by atoms with Crippen molar-refractivity contribution in [2.75, 3.05) is 7.11 Å². The molecule has 0 bridgehead atoms. The Balaban J connectivity index is 2.51. The van der Waals surface area contributed by atoms with Crippen molar-refractivity contribution in [1.82, 2.24) is 0 Å². The van der Waals surface area contributed by atoms with Gasteiger partial charge in [0.05, 0.1) is 7.11 Å². The third kappa shape index (κ3) is 3.57. The quantitative estimate of drug-likeness (QED) is 0.542. The van der Waals surface area contributed by atoms with Crippen LogP contribution in [0.2, 0.25) is 0 Å². The first-order chi connectivity index (χ1) is 7.67. The van der Waals surface area contributed by atoms with Crippen LogP contribution in [0.1, 0.15) is 26.7 Å². The zero-order chi connectivity index (χ0) is 12.0. The van der Waals surface area contributed by atoms with Gasteiger partial charge in [-0.25, -0.2) is 4.79 Å². The fraction of sp³-hybridized carbons (Fsp3) is 0.462. The summed E-state index contributed by atoms with van der Waals surface area (Å²) in [5.74, 6) is -0.0544. The summed E-state index contributed by atoms with van der Waals surface area (Å²) in [5, 5.41) is 0. The Morgan fingerprint density at radius 3 is 3.00 bits per heavy atom. The molecule has 1 rings (SSSR count). The fourth-order valence-electron chi connectivity index (χ4n) is 1.54. The summed E-state index contributed by atoms with van der Waals surface area (Å²) in [6.07, 6.45) is 9.28. The van der Waals surface area contributed by atoms with Gasteiger partial charge in [0.1, 0.15) is 6.10 Å². The van der Waals surface area contributed by atoms with E-state index < -0.39 is 0 Å². The van der Waals surface area contributed by atoms with Crippen molar-refractivity contribution >= 4 is 5.97 Å². The predicted octanol–water partition coefficient (Wildman–Crippen LogP) is 2.74. The first kappa shape index (κ1) is 12.6. The molecule has 3 nitrogen and oxygen atoms in total. The van der Waals surface area contributed by atoms with Gasteiger partial charge in [-0.2, -0.15) is 0 Å². The van der Waals surface area contributed by atoms with E-state index in [0.29, 0.717) is 12.2 Å². The van der Waals surface area contributed by atoms with Crippen LogP contribution in [0.3, 0.4) is 0 Å². The van der Waals surface area contributed by atoms with Gasteiger partial charge in [0, 0.05) is 12.8 Å². The van der Waals surface area contributed by atoms with Gasteiger partial charge < -0.3 is 9.47 Å². The molecule has 0 N–H and O–H groups in total. The number of hydrogen-bond donors (Lipinski definition) is 0. The molecule has 0 aromatic carbocycles. The Morgan fingerprint density at radius 2 is 2.44 bits per heavy atom. The van der Waals surface area contributed by atoms with E-state index in [0.717, 1.165) is 6.42 Å². The molecular weight excluding hydrogens is 204 g/mol. The first-order valence-corrected chi connectivity index (χ1v) is 5.42. The first-order valence-electron chi connectivity index (χ1n) is 5.42. The Kier molecular flexibility index (Phi) is 4.83. The molecular formula is C13H18O3. The molecule has 0 aromatic heterocycles. The van der Waals surface area contributed by atoms with E-state index in [2.05, 4.69) is 6.08 Å². The van der Waals surface area contributed by atoms with Crippen LogP contribution in [0.25, 0.3) is 0 Å². The van der Waals surface area contributed by atoms with Gasteiger partial charge in [0.15, 0.2) is 5.76 Å². The summed E-state index contributed by atoms with van der Waals surface area (Å²) in [5.41, 5.74) is 1.18. The van der Waals surface area contributed by atoms with Crippen LogP contribution in [0, 0.1) is 0 Å². The van der Waals surface area contributed by atoms with Crippen molar-refractivity contribution < 1.29 is 14.3 Å². The van der Waals surface area contributed by atoms with Crippen molar-refractivity contribution in [3.05, 3.63) is 35.6 Å². The van der Waals surface area contributed by atoms with Gasteiger partial charge in [-0.1, -0.05) is 23.8 Å². The summed E-state index contributed by atoms with van der Waals surface area (Å²) in [4.78, 5) is 11.4. The normalized spacial score (nSPS) is 21.9. The molecule has 1 unspecified atom stereocenters. The molecule has 1 atom stereocenters. The van der Waals surface area contributed by atoms with Gasteiger partial charge in [-0.05, 0) is 19.9 Å². The Labute approximate surface area is 96.4 Å². The average molecular weight is 222 g/mol. The summed E-state index contributed by atoms with van der Waals surface area (Å²) in [6.45, 7) is 4.01. The van der Waals surface area contributed by atoms with Crippen molar-refractivity contribution in [2.45, 2.75) is 32.8 Å². The zero-order valence-corrected chi connectivity index (χ0v) is 10.0. The molecule has 16 heavy (non-hydrogen) atoms. The third-order valence-electron chi connectivity index (χ3n) is 2.39. The summed E-state index contributed by atoms with van der Waals surface area (Å²) in [6, 6.07) is 0. The fourth-order valence-corrected chi connectivity index (χ4v) is 1.54. The topological polar surface area (TPSA) is 35.5 Å². The molecule has 0 amide bonds. The van der Waals surface area contributed by atoms with Gasteiger partial charge in [-0.15, -0.1) is 0 Å². The highest BCUT2D eigenvalue weighted by atomic mass is 16.6. The van der Waals surface area contributed by atoms with Crippen molar-refractivity contribution in [1.29, 1.82) is 0 Å². The largest absolute Gasteiger partial charge is 0.490 e. The Morgan fingerprint density at radius 1 is 1.69 bits per heavy atom. The summed E-state index contributed by atoms with van der Waals surface area (Å²) >= 11 is 0. The molecule has 1 heterocycles. The maximum absolute atomic E-state index is 11.4. The molecule has 0 radical (unpaired) electrons. The second-order valence-corrected chi connectivity index (χ2v) is 3.72. The van der Waals surface area contributed by atoms with E-state index in [1.165, 1.54) is 12.7 Å². The van der Waals surface area contributed by atoms with Crippen LogP contribution in [-0.4, -0.2) is 19.2 Å². The molecule has 1 aliphatic rings. The minimum Gasteiger partial charge on any atom is -0.490 e. The van der Waals surface area contributed by atoms with Crippen LogP contribution in [-0.2, 0) is 14.3 Å².